The molecule has 0 saturated heterocycles. The van der Waals surface area contributed by atoms with Crippen molar-refractivity contribution in [3.63, 3.8) is 0 Å². The summed E-state index contributed by atoms with van der Waals surface area (Å²) in [7, 11) is 1.69. The van der Waals surface area contributed by atoms with Gasteiger partial charge in [-0.05, 0) is 52.9 Å². The average molecular weight is 439 g/mol. The van der Waals surface area contributed by atoms with Crippen LogP contribution in [0.2, 0.25) is 0 Å². The number of fused-ring (bicyclic) bond motifs is 2. The molecular weight excluding hydrogens is 408 g/mol. The van der Waals surface area contributed by atoms with Crippen molar-refractivity contribution < 1.29 is 4.79 Å². The van der Waals surface area contributed by atoms with Crippen LogP contribution >= 0.6 is 0 Å². The highest BCUT2D eigenvalue weighted by atomic mass is 16.1. The van der Waals surface area contributed by atoms with Crippen LogP contribution in [0.25, 0.3) is 21.7 Å². The fourth-order valence-corrected chi connectivity index (χ4v) is 5.06. The van der Waals surface area contributed by atoms with Gasteiger partial charge in [-0.2, -0.15) is 0 Å². The van der Waals surface area contributed by atoms with Gasteiger partial charge in [0.1, 0.15) is 11.5 Å². The summed E-state index contributed by atoms with van der Waals surface area (Å²) >= 11 is 0. The second-order valence-corrected chi connectivity index (χ2v) is 8.97. The molecule has 5 nitrogen and oxygen atoms in total. The number of rotatable bonds is 5. The number of aliphatic imine (C=N–C) groups is 1. The Morgan fingerprint density at radius 3 is 2.64 bits per heavy atom. The van der Waals surface area contributed by atoms with Gasteiger partial charge in [-0.1, -0.05) is 61.7 Å². The summed E-state index contributed by atoms with van der Waals surface area (Å²) < 4.78 is 0. The van der Waals surface area contributed by atoms with Crippen molar-refractivity contribution in [3.8, 4) is 0 Å². The second kappa shape index (κ2) is 9.10. The van der Waals surface area contributed by atoms with E-state index in [1.165, 1.54) is 35.6 Å². The topological polar surface area (TPSA) is 83.3 Å². The van der Waals surface area contributed by atoms with Crippen LogP contribution in [0.5, 0.6) is 0 Å². The summed E-state index contributed by atoms with van der Waals surface area (Å²) in [4.78, 5) is 21.0. The van der Waals surface area contributed by atoms with Gasteiger partial charge in [0.2, 0.25) is 0 Å². The minimum Gasteiger partial charge on any atom is -0.384 e. The van der Waals surface area contributed by atoms with Crippen LogP contribution in [0.15, 0.2) is 65.7 Å². The smallest absolute Gasteiger partial charge is 0.268 e. The lowest BCUT2D eigenvalue weighted by Crippen LogP contribution is -2.36. The fourth-order valence-electron chi connectivity index (χ4n) is 5.06. The molecule has 3 aromatic carbocycles. The number of H-pyrrole nitrogens is 1. The summed E-state index contributed by atoms with van der Waals surface area (Å²) in [5.74, 6) is 0.467. The van der Waals surface area contributed by atoms with E-state index in [9.17, 15) is 4.79 Å². The predicted molar refractivity (Wildman–Crippen MR) is 136 cm³/mol. The maximum Gasteiger partial charge on any atom is 0.268 e. The number of nitrogens with one attached hydrogen (secondary N) is 2. The zero-order valence-electron chi connectivity index (χ0n) is 19.0. The van der Waals surface area contributed by atoms with Crippen LogP contribution in [0, 0.1) is 0 Å². The molecule has 0 atom stereocenters. The number of aromatic nitrogens is 1. The molecular formula is C28H30N4O. The van der Waals surface area contributed by atoms with Crippen molar-refractivity contribution in [2.75, 3.05) is 7.05 Å². The van der Waals surface area contributed by atoms with E-state index >= 15 is 0 Å². The number of carbonyl (C=O) groups excluding carboxylic acids is 1. The third-order valence-electron chi connectivity index (χ3n) is 6.86. The van der Waals surface area contributed by atoms with Crippen LogP contribution in [0.1, 0.15) is 59.3 Å². The summed E-state index contributed by atoms with van der Waals surface area (Å²) in [6.45, 7) is 0. The van der Waals surface area contributed by atoms with Gasteiger partial charge in [0.25, 0.3) is 5.91 Å². The minimum absolute atomic E-state index is 0.0213. The lowest BCUT2D eigenvalue weighted by Gasteiger charge is -2.22. The van der Waals surface area contributed by atoms with Crippen molar-refractivity contribution in [2.24, 2.45) is 10.7 Å². The quantitative estimate of drug-likeness (QED) is 0.291. The molecule has 0 unspecified atom stereocenters. The molecule has 1 aliphatic rings. The predicted octanol–water partition coefficient (Wildman–Crippen LogP) is 5.31. The third-order valence-corrected chi connectivity index (χ3v) is 6.86. The van der Waals surface area contributed by atoms with Crippen LogP contribution in [0.4, 0.5) is 0 Å². The van der Waals surface area contributed by atoms with Gasteiger partial charge in [-0.3, -0.25) is 9.79 Å². The molecule has 4 aromatic rings. The third kappa shape index (κ3) is 4.23. The fraction of sp³-hybridized carbons (Fsp3) is 0.286. The number of nitrogens with two attached hydrogens (primary N) is 1. The Labute approximate surface area is 194 Å². The zero-order chi connectivity index (χ0) is 22.8. The van der Waals surface area contributed by atoms with Gasteiger partial charge < -0.3 is 16.0 Å². The Hall–Kier alpha value is -3.60. The van der Waals surface area contributed by atoms with E-state index < -0.39 is 0 Å². The SMILES string of the molecule is CN=C(N)c1ccc2[nH]c(C(=O)NC3CCCCC3)c(Cc3cccc4ccccc34)c2c1. The highest BCUT2D eigenvalue weighted by Gasteiger charge is 2.23. The molecule has 1 heterocycles. The first kappa shape index (κ1) is 21.3. The number of carbonyl (C=O) groups is 1. The first-order valence-corrected chi connectivity index (χ1v) is 11.8. The highest BCUT2D eigenvalue weighted by molar-refractivity contribution is 6.05. The Morgan fingerprint density at radius 2 is 1.82 bits per heavy atom. The molecule has 1 aliphatic carbocycles. The lowest BCUT2D eigenvalue weighted by molar-refractivity contribution is 0.0922. The summed E-state index contributed by atoms with van der Waals surface area (Å²) in [5, 5.41) is 6.71. The van der Waals surface area contributed by atoms with E-state index in [0.29, 0.717) is 18.0 Å². The number of hydrogen-bond donors (Lipinski definition) is 3. The van der Waals surface area contributed by atoms with Crippen molar-refractivity contribution in [3.05, 3.63) is 83.0 Å². The molecule has 1 fully saturated rings. The molecule has 1 amide bonds. The number of hydrogen-bond acceptors (Lipinski definition) is 2. The van der Waals surface area contributed by atoms with E-state index in [4.69, 9.17) is 5.73 Å². The van der Waals surface area contributed by atoms with Crippen molar-refractivity contribution >= 4 is 33.4 Å². The Bertz CT molecular complexity index is 1340. The maximum atomic E-state index is 13.4. The number of nitrogens with zero attached hydrogens (tertiary/aromatic N) is 1. The molecule has 4 N–H and O–H groups in total. The number of amidine groups is 1. The maximum absolute atomic E-state index is 13.4. The molecule has 5 rings (SSSR count). The number of amides is 1. The van der Waals surface area contributed by atoms with E-state index in [-0.39, 0.29) is 11.9 Å². The molecule has 0 radical (unpaired) electrons. The first-order chi connectivity index (χ1) is 16.1. The number of aromatic amines is 1. The van der Waals surface area contributed by atoms with E-state index in [2.05, 4.69) is 57.8 Å². The number of benzene rings is 3. The normalized spacial score (nSPS) is 15.2. The van der Waals surface area contributed by atoms with E-state index in [0.717, 1.165) is 34.9 Å². The van der Waals surface area contributed by atoms with Gasteiger partial charge in [0.05, 0.1) is 0 Å². The average Bonchev–Trinajstić information content (AvgIpc) is 3.22. The van der Waals surface area contributed by atoms with Crippen LogP contribution in [-0.4, -0.2) is 29.8 Å². The molecule has 5 heteroatoms. The van der Waals surface area contributed by atoms with Crippen LogP contribution in [-0.2, 0) is 6.42 Å². The molecule has 1 aromatic heterocycles. The molecule has 0 spiro atoms. The summed E-state index contributed by atoms with van der Waals surface area (Å²) in [6, 6.07) is 21.0. The summed E-state index contributed by atoms with van der Waals surface area (Å²) in [6.07, 6.45) is 6.38. The Balaban J connectivity index is 1.61. The standard InChI is InChI=1S/C28H30N4O/c1-30-27(29)20-14-15-25-23(17-20)24(16-19-10-7-9-18-8-5-6-13-22(18)19)26(32-25)28(33)31-21-11-3-2-4-12-21/h5-10,13-15,17,21,32H,2-4,11-12,16H2,1H3,(H2,29,30)(H,31,33). The molecule has 0 aliphatic heterocycles. The van der Waals surface area contributed by atoms with Gasteiger partial charge >= 0.3 is 0 Å². The second-order valence-electron chi connectivity index (χ2n) is 8.97. The van der Waals surface area contributed by atoms with Gasteiger partial charge in [-0.25, -0.2) is 0 Å². The van der Waals surface area contributed by atoms with Crippen LogP contribution in [0.3, 0.4) is 0 Å². The molecule has 33 heavy (non-hydrogen) atoms. The molecule has 168 valence electrons. The van der Waals surface area contributed by atoms with Crippen molar-refractivity contribution in [1.29, 1.82) is 0 Å². The Morgan fingerprint density at radius 1 is 1.03 bits per heavy atom. The van der Waals surface area contributed by atoms with Gasteiger partial charge in [0.15, 0.2) is 0 Å². The monoisotopic (exact) mass is 438 g/mol. The van der Waals surface area contributed by atoms with Crippen molar-refractivity contribution in [1.82, 2.24) is 10.3 Å². The molecule has 0 bridgehead atoms. The lowest BCUT2D eigenvalue weighted by atomic mass is 9.94. The van der Waals surface area contributed by atoms with E-state index in [1.807, 2.05) is 18.2 Å². The van der Waals surface area contributed by atoms with Crippen LogP contribution < -0.4 is 11.1 Å². The minimum atomic E-state index is -0.0213. The van der Waals surface area contributed by atoms with Crippen molar-refractivity contribution in [2.45, 2.75) is 44.6 Å². The summed E-state index contributed by atoms with van der Waals surface area (Å²) in [5.41, 5.74) is 10.8. The highest BCUT2D eigenvalue weighted by Crippen LogP contribution is 2.30. The molecule has 1 saturated carbocycles. The largest absolute Gasteiger partial charge is 0.384 e. The van der Waals surface area contributed by atoms with Gasteiger partial charge in [0, 0.05) is 36.0 Å². The zero-order valence-corrected chi connectivity index (χ0v) is 19.0. The van der Waals surface area contributed by atoms with Gasteiger partial charge in [-0.15, -0.1) is 0 Å². The Kier molecular flexibility index (Phi) is 5.86. The van der Waals surface area contributed by atoms with E-state index in [1.54, 1.807) is 7.05 Å². The first-order valence-electron chi connectivity index (χ1n) is 11.8.